The lowest BCUT2D eigenvalue weighted by atomic mass is 9.90. The Bertz CT molecular complexity index is 1020. The van der Waals surface area contributed by atoms with Crippen molar-refractivity contribution in [2.75, 3.05) is 7.11 Å². The number of carbonyl (C=O) groups excluding carboxylic acids is 2. The van der Waals surface area contributed by atoms with E-state index in [4.69, 9.17) is 14.9 Å². The van der Waals surface area contributed by atoms with Crippen LogP contribution in [0.15, 0.2) is 33.5 Å². The van der Waals surface area contributed by atoms with E-state index in [9.17, 15) is 24.6 Å². The van der Waals surface area contributed by atoms with E-state index in [1.807, 2.05) is 6.92 Å². The Morgan fingerprint density at radius 2 is 1.94 bits per heavy atom. The number of amides is 2. The number of primary amides is 1. The van der Waals surface area contributed by atoms with Crippen LogP contribution in [0.5, 0.6) is 17.2 Å². The van der Waals surface area contributed by atoms with Crippen LogP contribution in [0.4, 0.5) is 0 Å². The Hall–Kier alpha value is -3.49. The van der Waals surface area contributed by atoms with Crippen LogP contribution in [-0.4, -0.2) is 35.2 Å². The fraction of sp³-hybridized carbons (Fsp3) is 0.409. The Balaban J connectivity index is 2.50. The van der Waals surface area contributed by atoms with Crippen LogP contribution in [0.1, 0.15) is 49.7 Å². The molecule has 2 rings (SSSR count). The summed E-state index contributed by atoms with van der Waals surface area (Å²) in [7, 11) is 1.37. The topological polar surface area (TPSA) is 152 Å². The second-order valence-electron chi connectivity index (χ2n) is 7.46. The third-order valence-electron chi connectivity index (χ3n) is 5.22. The summed E-state index contributed by atoms with van der Waals surface area (Å²) < 4.78 is 10.7. The van der Waals surface area contributed by atoms with Crippen LogP contribution in [0.25, 0.3) is 0 Å². The first-order valence-electron chi connectivity index (χ1n) is 9.88. The number of phenols is 1. The molecule has 0 saturated carbocycles. The van der Waals surface area contributed by atoms with Gasteiger partial charge in [0, 0.05) is 12.5 Å². The molecule has 1 heterocycles. The fourth-order valence-corrected chi connectivity index (χ4v) is 3.28. The number of aromatic hydroxyl groups is 2. The molecule has 1 unspecified atom stereocenters. The van der Waals surface area contributed by atoms with Crippen molar-refractivity contribution in [3.05, 3.63) is 51.6 Å². The summed E-state index contributed by atoms with van der Waals surface area (Å²) in [5.74, 6) is -2.70. The third kappa shape index (κ3) is 5.56. The molecular weight excluding hydrogens is 404 g/mol. The number of benzene rings is 1. The lowest BCUT2D eigenvalue weighted by molar-refractivity contribution is -0.128. The number of rotatable bonds is 9. The zero-order chi connectivity index (χ0) is 23.3. The molecule has 0 aliphatic rings. The Morgan fingerprint density at radius 3 is 2.52 bits per heavy atom. The van der Waals surface area contributed by atoms with E-state index in [2.05, 4.69) is 5.32 Å². The molecule has 0 radical (unpaired) electrons. The quantitative estimate of drug-likeness (QED) is 0.472. The summed E-state index contributed by atoms with van der Waals surface area (Å²) in [5, 5.41) is 22.9. The number of carbonyl (C=O) groups is 2. The maximum Gasteiger partial charge on any atom is 0.240 e. The summed E-state index contributed by atoms with van der Waals surface area (Å²) in [6, 6.07) is 4.65. The average molecular weight is 432 g/mol. The SMILES string of the molecule is CC[C@H](C)[C@H](NC(=O)CC(c1ccc(O)c(OC)c1)c1oc(C)cc(=O)c1O)C(N)=O. The molecule has 0 aliphatic heterocycles. The van der Waals surface area contributed by atoms with Crippen molar-refractivity contribution in [3.8, 4) is 17.2 Å². The highest BCUT2D eigenvalue weighted by Crippen LogP contribution is 2.37. The zero-order valence-electron chi connectivity index (χ0n) is 18.0. The van der Waals surface area contributed by atoms with Gasteiger partial charge in [0.1, 0.15) is 11.8 Å². The third-order valence-corrected chi connectivity index (χ3v) is 5.22. The van der Waals surface area contributed by atoms with Crippen LogP contribution in [0.2, 0.25) is 0 Å². The lowest BCUT2D eigenvalue weighted by Crippen LogP contribution is -2.48. The second-order valence-corrected chi connectivity index (χ2v) is 7.46. The van der Waals surface area contributed by atoms with Gasteiger partial charge >= 0.3 is 0 Å². The van der Waals surface area contributed by atoms with Crippen molar-refractivity contribution in [1.82, 2.24) is 5.32 Å². The van der Waals surface area contributed by atoms with Gasteiger partial charge in [-0.3, -0.25) is 14.4 Å². The summed E-state index contributed by atoms with van der Waals surface area (Å²) in [5.41, 5.74) is 5.24. The van der Waals surface area contributed by atoms with Crippen molar-refractivity contribution in [2.45, 2.75) is 45.6 Å². The van der Waals surface area contributed by atoms with E-state index in [-0.39, 0.29) is 35.4 Å². The molecule has 0 fully saturated rings. The molecule has 3 atom stereocenters. The van der Waals surface area contributed by atoms with Crippen molar-refractivity contribution in [2.24, 2.45) is 11.7 Å². The van der Waals surface area contributed by atoms with Gasteiger partial charge in [-0.25, -0.2) is 0 Å². The predicted octanol–water partition coefficient (Wildman–Crippen LogP) is 1.91. The van der Waals surface area contributed by atoms with Crippen LogP contribution < -0.4 is 21.2 Å². The maximum absolute atomic E-state index is 12.8. The first-order valence-corrected chi connectivity index (χ1v) is 9.88. The number of methoxy groups -OCH3 is 1. The van der Waals surface area contributed by atoms with Gasteiger partial charge in [0.05, 0.1) is 13.0 Å². The molecule has 1 aromatic heterocycles. The molecule has 9 heteroatoms. The molecule has 9 nitrogen and oxygen atoms in total. The molecule has 2 amide bonds. The predicted molar refractivity (Wildman–Crippen MR) is 113 cm³/mol. The summed E-state index contributed by atoms with van der Waals surface area (Å²) in [4.78, 5) is 36.7. The fourth-order valence-electron chi connectivity index (χ4n) is 3.28. The molecule has 0 bridgehead atoms. The van der Waals surface area contributed by atoms with Crippen LogP contribution >= 0.6 is 0 Å². The van der Waals surface area contributed by atoms with Crippen molar-refractivity contribution in [1.29, 1.82) is 0 Å². The maximum atomic E-state index is 12.8. The van der Waals surface area contributed by atoms with Crippen molar-refractivity contribution < 1.29 is 29.0 Å². The van der Waals surface area contributed by atoms with Gasteiger partial charge in [-0.15, -0.1) is 0 Å². The van der Waals surface area contributed by atoms with E-state index in [1.165, 1.54) is 25.3 Å². The highest BCUT2D eigenvalue weighted by Gasteiger charge is 2.29. The number of phenolic OH excluding ortho intramolecular Hbond substituents is 1. The minimum absolute atomic E-state index is 0.105. The molecule has 0 spiro atoms. The molecule has 0 saturated heterocycles. The normalized spacial score (nSPS) is 13.8. The number of aryl methyl sites for hydroxylation is 1. The highest BCUT2D eigenvalue weighted by atomic mass is 16.5. The van der Waals surface area contributed by atoms with Crippen molar-refractivity contribution in [3.63, 3.8) is 0 Å². The molecular formula is C22H28N2O7. The monoisotopic (exact) mass is 432 g/mol. The van der Waals surface area contributed by atoms with Gasteiger partial charge in [-0.2, -0.15) is 0 Å². The minimum Gasteiger partial charge on any atom is -0.504 e. The molecule has 5 N–H and O–H groups in total. The number of nitrogens with two attached hydrogens (primary N) is 1. The molecule has 168 valence electrons. The molecule has 0 aliphatic carbocycles. The number of nitrogens with one attached hydrogen (secondary N) is 1. The van der Waals surface area contributed by atoms with E-state index in [1.54, 1.807) is 13.8 Å². The second kappa shape index (κ2) is 10.0. The Labute approximate surface area is 179 Å². The van der Waals surface area contributed by atoms with Gasteiger partial charge in [0.2, 0.25) is 23.0 Å². The molecule has 31 heavy (non-hydrogen) atoms. The summed E-state index contributed by atoms with van der Waals surface area (Å²) in [6.07, 6.45) is 0.369. The largest absolute Gasteiger partial charge is 0.504 e. The van der Waals surface area contributed by atoms with Gasteiger partial charge in [-0.05, 0) is 30.5 Å². The van der Waals surface area contributed by atoms with E-state index in [0.29, 0.717) is 12.0 Å². The van der Waals surface area contributed by atoms with Gasteiger partial charge in [0.15, 0.2) is 17.3 Å². The Kier molecular flexibility index (Phi) is 7.68. The van der Waals surface area contributed by atoms with E-state index >= 15 is 0 Å². The molecule has 2 aromatic rings. The van der Waals surface area contributed by atoms with E-state index < -0.39 is 35.0 Å². The standard InChI is InChI=1S/C22H28N2O7/c1-5-11(2)19(22(23)29)24-18(27)10-14(13-6-7-15(25)17(9-13)30-4)21-20(28)16(26)8-12(3)31-21/h6-9,11,14,19,25,28H,5,10H2,1-4H3,(H2,23,29)(H,24,27)/t11-,14?,19-/m0/s1. The van der Waals surface area contributed by atoms with E-state index in [0.717, 1.165) is 6.07 Å². The average Bonchev–Trinajstić information content (AvgIpc) is 2.72. The minimum atomic E-state index is -0.896. The Morgan fingerprint density at radius 1 is 1.26 bits per heavy atom. The van der Waals surface area contributed by atoms with Crippen LogP contribution in [-0.2, 0) is 9.59 Å². The number of ether oxygens (including phenoxy) is 1. The summed E-state index contributed by atoms with van der Waals surface area (Å²) >= 11 is 0. The van der Waals surface area contributed by atoms with Gasteiger partial charge < -0.3 is 30.4 Å². The lowest BCUT2D eigenvalue weighted by Gasteiger charge is -2.23. The van der Waals surface area contributed by atoms with Gasteiger partial charge in [0.25, 0.3) is 0 Å². The van der Waals surface area contributed by atoms with Crippen molar-refractivity contribution >= 4 is 11.8 Å². The highest BCUT2D eigenvalue weighted by molar-refractivity contribution is 5.87. The summed E-state index contributed by atoms with van der Waals surface area (Å²) in [6.45, 7) is 5.21. The van der Waals surface area contributed by atoms with Crippen LogP contribution in [0, 0.1) is 12.8 Å². The molecule has 1 aromatic carbocycles. The smallest absolute Gasteiger partial charge is 0.240 e. The number of hydrogen-bond acceptors (Lipinski definition) is 7. The first kappa shape index (κ1) is 23.8. The zero-order valence-corrected chi connectivity index (χ0v) is 18.0. The van der Waals surface area contributed by atoms with Crippen LogP contribution in [0.3, 0.4) is 0 Å². The number of hydrogen-bond donors (Lipinski definition) is 4. The van der Waals surface area contributed by atoms with Gasteiger partial charge in [-0.1, -0.05) is 26.3 Å². The first-order chi connectivity index (χ1) is 14.6.